The monoisotopic (exact) mass is 485 g/mol. The fraction of sp³-hybridized carbons (Fsp3) is 0.720. The first-order valence-electron chi connectivity index (χ1n) is 12.3. The summed E-state index contributed by atoms with van der Waals surface area (Å²) in [6, 6.07) is 7.37. The largest absolute Gasteiger partial charge is 0.489 e. The lowest BCUT2D eigenvalue weighted by molar-refractivity contribution is -0.145. The van der Waals surface area contributed by atoms with Crippen LogP contribution in [-0.2, 0) is 33.2 Å². The van der Waals surface area contributed by atoms with E-state index in [2.05, 4.69) is 6.92 Å². The molecule has 0 bridgehead atoms. The summed E-state index contributed by atoms with van der Waals surface area (Å²) in [4.78, 5) is 11.5. The number of carbonyl (C=O) groups is 1. The standard InChI is InChI=1S/C25H43NO8/c1-2-3-4-5-10-25(27)34-22-20-32-18-16-30-14-12-28-11-13-29-15-17-31-19-21-33-24-9-7-6-8-23(24)26/h6-9H,2-5,10-22,26H2,1H3. The molecule has 0 saturated heterocycles. The molecule has 1 aromatic rings. The summed E-state index contributed by atoms with van der Waals surface area (Å²) in [7, 11) is 0. The summed E-state index contributed by atoms with van der Waals surface area (Å²) in [5, 5.41) is 0. The van der Waals surface area contributed by atoms with Gasteiger partial charge < -0.3 is 38.9 Å². The molecular formula is C25H43NO8. The average Bonchev–Trinajstić information content (AvgIpc) is 2.84. The third kappa shape index (κ3) is 18.5. The van der Waals surface area contributed by atoms with Crippen LogP contribution in [-0.4, -0.2) is 85.3 Å². The maximum atomic E-state index is 11.5. The van der Waals surface area contributed by atoms with Gasteiger partial charge in [0.1, 0.15) is 19.0 Å². The molecule has 0 aliphatic carbocycles. The molecule has 0 aliphatic heterocycles. The number of carbonyl (C=O) groups excluding carboxylic acids is 1. The number of anilines is 1. The van der Waals surface area contributed by atoms with Crippen LogP contribution in [0.3, 0.4) is 0 Å². The molecule has 0 fully saturated rings. The molecule has 2 N–H and O–H groups in total. The van der Waals surface area contributed by atoms with Gasteiger partial charge in [0, 0.05) is 6.42 Å². The number of ether oxygens (including phenoxy) is 7. The summed E-state index contributed by atoms with van der Waals surface area (Å²) in [6.45, 7) is 7.65. The van der Waals surface area contributed by atoms with E-state index in [9.17, 15) is 4.79 Å². The normalized spacial score (nSPS) is 11.0. The van der Waals surface area contributed by atoms with Crippen LogP contribution in [0, 0.1) is 0 Å². The van der Waals surface area contributed by atoms with Gasteiger partial charge in [-0.15, -0.1) is 0 Å². The highest BCUT2D eigenvalue weighted by Gasteiger charge is 2.02. The molecule has 1 aromatic carbocycles. The van der Waals surface area contributed by atoms with Gasteiger partial charge in [0.25, 0.3) is 0 Å². The van der Waals surface area contributed by atoms with Crippen molar-refractivity contribution in [3.63, 3.8) is 0 Å². The van der Waals surface area contributed by atoms with E-state index in [1.54, 1.807) is 6.07 Å². The summed E-state index contributed by atoms with van der Waals surface area (Å²) in [5.74, 6) is 0.520. The predicted octanol–water partition coefficient (Wildman–Crippen LogP) is 3.24. The van der Waals surface area contributed by atoms with E-state index >= 15 is 0 Å². The maximum Gasteiger partial charge on any atom is 0.305 e. The van der Waals surface area contributed by atoms with Crippen molar-refractivity contribution in [1.82, 2.24) is 0 Å². The second-order valence-corrected chi connectivity index (χ2v) is 7.48. The van der Waals surface area contributed by atoms with Crippen molar-refractivity contribution in [1.29, 1.82) is 0 Å². The lowest BCUT2D eigenvalue weighted by atomic mass is 10.2. The van der Waals surface area contributed by atoms with Crippen molar-refractivity contribution in [3.8, 4) is 5.75 Å². The molecule has 9 heteroatoms. The zero-order chi connectivity index (χ0) is 24.5. The van der Waals surface area contributed by atoms with Crippen molar-refractivity contribution < 1.29 is 38.0 Å². The first-order valence-corrected chi connectivity index (χ1v) is 12.3. The Kier molecular flexibility index (Phi) is 20.3. The molecule has 0 radical (unpaired) electrons. The van der Waals surface area contributed by atoms with Crippen LogP contribution in [0.15, 0.2) is 24.3 Å². The fourth-order valence-corrected chi connectivity index (χ4v) is 2.79. The predicted molar refractivity (Wildman–Crippen MR) is 130 cm³/mol. The van der Waals surface area contributed by atoms with Crippen molar-refractivity contribution in [2.75, 3.05) is 85.0 Å². The van der Waals surface area contributed by atoms with E-state index < -0.39 is 0 Å². The Morgan fingerprint density at radius 3 is 1.71 bits per heavy atom. The van der Waals surface area contributed by atoms with E-state index in [1.165, 1.54) is 0 Å². The van der Waals surface area contributed by atoms with Gasteiger partial charge in [-0.05, 0) is 18.6 Å². The molecule has 0 saturated carbocycles. The Balaban J connectivity index is 1.71. The third-order valence-electron chi connectivity index (χ3n) is 4.62. The van der Waals surface area contributed by atoms with Crippen molar-refractivity contribution in [2.45, 2.75) is 39.0 Å². The summed E-state index contributed by atoms with van der Waals surface area (Å²) in [6.07, 6.45) is 4.78. The Morgan fingerprint density at radius 2 is 1.18 bits per heavy atom. The van der Waals surface area contributed by atoms with Gasteiger partial charge in [-0.25, -0.2) is 0 Å². The minimum Gasteiger partial charge on any atom is -0.489 e. The molecule has 0 unspecified atom stereocenters. The van der Waals surface area contributed by atoms with Crippen LogP contribution in [0.2, 0.25) is 0 Å². The van der Waals surface area contributed by atoms with Crippen LogP contribution < -0.4 is 10.5 Å². The highest BCUT2D eigenvalue weighted by atomic mass is 16.6. The zero-order valence-electron chi connectivity index (χ0n) is 20.7. The van der Waals surface area contributed by atoms with Crippen molar-refractivity contribution in [3.05, 3.63) is 24.3 Å². The molecule has 0 aliphatic rings. The van der Waals surface area contributed by atoms with Gasteiger partial charge in [0.05, 0.1) is 71.8 Å². The Morgan fingerprint density at radius 1 is 0.676 bits per heavy atom. The number of para-hydroxylation sites is 2. The fourth-order valence-electron chi connectivity index (χ4n) is 2.79. The second kappa shape index (κ2) is 22.9. The van der Waals surface area contributed by atoms with E-state index in [4.69, 9.17) is 38.9 Å². The van der Waals surface area contributed by atoms with Crippen LogP contribution >= 0.6 is 0 Å². The molecule has 1 rings (SSSR count). The molecule has 0 heterocycles. The minimum atomic E-state index is -0.149. The molecule has 34 heavy (non-hydrogen) atoms. The number of rotatable bonds is 24. The van der Waals surface area contributed by atoms with Crippen LogP contribution in [0.1, 0.15) is 39.0 Å². The molecule has 0 atom stereocenters. The summed E-state index contributed by atoms with van der Waals surface area (Å²) >= 11 is 0. The highest BCUT2D eigenvalue weighted by Crippen LogP contribution is 2.19. The van der Waals surface area contributed by atoms with Crippen LogP contribution in [0.4, 0.5) is 5.69 Å². The van der Waals surface area contributed by atoms with E-state index in [-0.39, 0.29) is 12.6 Å². The lowest BCUT2D eigenvalue weighted by Crippen LogP contribution is -2.15. The number of hydrogen-bond acceptors (Lipinski definition) is 9. The third-order valence-corrected chi connectivity index (χ3v) is 4.62. The van der Waals surface area contributed by atoms with Gasteiger partial charge in [-0.1, -0.05) is 38.3 Å². The number of nitrogens with two attached hydrogens (primary N) is 1. The summed E-state index contributed by atoms with van der Waals surface area (Å²) in [5.41, 5.74) is 6.42. The zero-order valence-corrected chi connectivity index (χ0v) is 20.7. The quantitative estimate of drug-likeness (QED) is 0.134. The number of esters is 1. The van der Waals surface area contributed by atoms with Gasteiger partial charge >= 0.3 is 5.97 Å². The van der Waals surface area contributed by atoms with Crippen LogP contribution in [0.5, 0.6) is 5.75 Å². The molecule has 0 aromatic heterocycles. The molecule has 9 nitrogen and oxygen atoms in total. The molecule has 0 amide bonds. The lowest BCUT2D eigenvalue weighted by Gasteiger charge is -2.09. The Labute approximate surface area is 204 Å². The maximum absolute atomic E-state index is 11.5. The average molecular weight is 486 g/mol. The number of benzene rings is 1. The molecular weight excluding hydrogens is 442 g/mol. The molecule has 0 spiro atoms. The van der Waals surface area contributed by atoms with E-state index in [0.717, 1.165) is 25.7 Å². The van der Waals surface area contributed by atoms with Crippen LogP contribution in [0.25, 0.3) is 0 Å². The van der Waals surface area contributed by atoms with Gasteiger partial charge in [0.15, 0.2) is 0 Å². The SMILES string of the molecule is CCCCCCC(=O)OCCOCCOCCOCCOCCOCCOc1ccccc1N. The second-order valence-electron chi connectivity index (χ2n) is 7.48. The van der Waals surface area contributed by atoms with E-state index in [0.29, 0.717) is 90.5 Å². The number of unbranched alkanes of at least 4 members (excludes halogenated alkanes) is 3. The van der Waals surface area contributed by atoms with Gasteiger partial charge in [0.2, 0.25) is 0 Å². The highest BCUT2D eigenvalue weighted by molar-refractivity contribution is 5.69. The number of hydrogen-bond donors (Lipinski definition) is 1. The van der Waals surface area contributed by atoms with Gasteiger partial charge in [-0.2, -0.15) is 0 Å². The Bertz CT molecular complexity index is 602. The number of nitrogen functional groups attached to an aromatic ring is 1. The topological polar surface area (TPSA) is 108 Å². The first-order chi connectivity index (χ1) is 16.7. The smallest absolute Gasteiger partial charge is 0.305 e. The van der Waals surface area contributed by atoms with E-state index in [1.807, 2.05) is 18.2 Å². The van der Waals surface area contributed by atoms with Crippen molar-refractivity contribution >= 4 is 11.7 Å². The first kappa shape index (κ1) is 30.1. The summed E-state index contributed by atoms with van der Waals surface area (Å²) < 4.78 is 37.8. The Hall–Kier alpha value is -1.91. The van der Waals surface area contributed by atoms with Crippen molar-refractivity contribution in [2.24, 2.45) is 0 Å². The minimum absolute atomic E-state index is 0.149. The van der Waals surface area contributed by atoms with Gasteiger partial charge in [-0.3, -0.25) is 4.79 Å². The molecule has 196 valence electrons.